The second-order valence-electron chi connectivity index (χ2n) is 6.16. The lowest BCUT2D eigenvalue weighted by Gasteiger charge is -2.38. The average molecular weight is 336 g/mol. The molecule has 1 aromatic carbocycles. The van der Waals surface area contributed by atoms with Crippen molar-refractivity contribution in [2.24, 2.45) is 0 Å². The number of piperazine rings is 1. The van der Waals surface area contributed by atoms with Gasteiger partial charge >= 0.3 is 0 Å². The van der Waals surface area contributed by atoms with E-state index in [9.17, 15) is 9.59 Å². The van der Waals surface area contributed by atoms with Crippen LogP contribution in [0.4, 0.5) is 5.69 Å². The van der Waals surface area contributed by atoms with Crippen LogP contribution < -0.4 is 4.90 Å². The number of rotatable bonds is 2. The molecule has 2 aliphatic heterocycles. The number of anilines is 1. The van der Waals surface area contributed by atoms with Crippen molar-refractivity contribution in [3.05, 3.63) is 29.3 Å². The van der Waals surface area contributed by atoms with Crippen molar-refractivity contribution < 1.29 is 9.59 Å². The maximum absolute atomic E-state index is 12.7. The number of amides is 2. The molecule has 0 spiro atoms. The molecule has 5 nitrogen and oxygen atoms in total. The third kappa shape index (κ3) is 3.44. The van der Waals surface area contributed by atoms with Gasteiger partial charge in [-0.3, -0.25) is 9.59 Å². The normalized spacial score (nSPS) is 21.7. The molecule has 0 saturated carbocycles. The van der Waals surface area contributed by atoms with Crippen LogP contribution in [0.5, 0.6) is 0 Å². The molecular weight excluding hydrogens is 314 g/mol. The SMILES string of the molecule is CC(=O)N1CCCC1C(=O)N1CCN(c2cccc(Cl)c2)CC1. The van der Waals surface area contributed by atoms with Crippen LogP contribution in [0.3, 0.4) is 0 Å². The zero-order valence-corrected chi connectivity index (χ0v) is 14.1. The number of hydrogen-bond acceptors (Lipinski definition) is 3. The Kier molecular flexibility index (Phi) is 4.76. The lowest BCUT2D eigenvalue weighted by atomic mass is 10.1. The largest absolute Gasteiger partial charge is 0.368 e. The van der Waals surface area contributed by atoms with Crippen LogP contribution in [0, 0.1) is 0 Å². The summed E-state index contributed by atoms with van der Waals surface area (Å²) in [5, 5.41) is 0.726. The molecule has 1 aromatic rings. The van der Waals surface area contributed by atoms with E-state index < -0.39 is 0 Å². The molecule has 124 valence electrons. The summed E-state index contributed by atoms with van der Waals surface area (Å²) in [6.07, 6.45) is 1.70. The van der Waals surface area contributed by atoms with Gasteiger partial charge in [0, 0.05) is 50.4 Å². The van der Waals surface area contributed by atoms with Crippen molar-refractivity contribution in [2.75, 3.05) is 37.6 Å². The maximum Gasteiger partial charge on any atom is 0.245 e. The quantitative estimate of drug-likeness (QED) is 0.830. The molecule has 0 N–H and O–H groups in total. The van der Waals surface area contributed by atoms with Gasteiger partial charge in [-0.25, -0.2) is 0 Å². The number of carbonyl (C=O) groups excluding carboxylic acids is 2. The Balaban J connectivity index is 1.60. The van der Waals surface area contributed by atoms with E-state index in [0.29, 0.717) is 19.6 Å². The molecule has 2 amide bonds. The van der Waals surface area contributed by atoms with Crippen molar-refractivity contribution in [1.29, 1.82) is 0 Å². The number of carbonyl (C=O) groups is 2. The van der Waals surface area contributed by atoms with Gasteiger partial charge in [0.05, 0.1) is 0 Å². The smallest absolute Gasteiger partial charge is 0.245 e. The van der Waals surface area contributed by atoms with Crippen LogP contribution in [0.25, 0.3) is 0 Å². The molecule has 6 heteroatoms. The highest BCUT2D eigenvalue weighted by Crippen LogP contribution is 2.23. The van der Waals surface area contributed by atoms with Crippen molar-refractivity contribution >= 4 is 29.1 Å². The van der Waals surface area contributed by atoms with Gasteiger partial charge in [0.1, 0.15) is 6.04 Å². The number of hydrogen-bond donors (Lipinski definition) is 0. The fraction of sp³-hybridized carbons (Fsp3) is 0.529. The molecule has 0 aliphatic carbocycles. The first-order valence-corrected chi connectivity index (χ1v) is 8.50. The second kappa shape index (κ2) is 6.79. The number of nitrogens with zero attached hydrogens (tertiary/aromatic N) is 3. The Morgan fingerprint density at radius 3 is 2.52 bits per heavy atom. The standard InChI is InChI=1S/C17H22ClN3O2/c1-13(22)21-7-3-6-16(21)17(23)20-10-8-19(9-11-20)15-5-2-4-14(18)12-15/h2,4-5,12,16H,3,6-11H2,1H3. The Morgan fingerprint density at radius 2 is 1.87 bits per heavy atom. The summed E-state index contributed by atoms with van der Waals surface area (Å²) in [5.74, 6) is 0.0989. The third-order valence-electron chi connectivity index (χ3n) is 4.71. The molecule has 2 aliphatic rings. The van der Waals surface area contributed by atoms with E-state index >= 15 is 0 Å². The van der Waals surface area contributed by atoms with E-state index in [-0.39, 0.29) is 17.9 Å². The molecule has 23 heavy (non-hydrogen) atoms. The summed E-state index contributed by atoms with van der Waals surface area (Å²) in [5.41, 5.74) is 1.09. The Bertz CT molecular complexity index is 599. The van der Waals surface area contributed by atoms with Crippen LogP contribution in [-0.2, 0) is 9.59 Å². The van der Waals surface area contributed by atoms with E-state index in [1.54, 1.807) is 11.8 Å². The van der Waals surface area contributed by atoms with Crippen LogP contribution in [0.15, 0.2) is 24.3 Å². The molecule has 1 unspecified atom stereocenters. The predicted octanol–water partition coefficient (Wildman–Crippen LogP) is 2.00. The van der Waals surface area contributed by atoms with Gasteiger partial charge in [0.2, 0.25) is 11.8 Å². The molecule has 0 bridgehead atoms. The Hall–Kier alpha value is -1.75. The summed E-state index contributed by atoms with van der Waals surface area (Å²) < 4.78 is 0. The number of halogens is 1. The fourth-order valence-electron chi connectivity index (χ4n) is 3.47. The van der Waals surface area contributed by atoms with Gasteiger partial charge in [-0.05, 0) is 31.0 Å². The first-order valence-electron chi connectivity index (χ1n) is 8.13. The highest BCUT2D eigenvalue weighted by molar-refractivity contribution is 6.30. The van der Waals surface area contributed by atoms with E-state index in [1.165, 1.54) is 0 Å². The van der Waals surface area contributed by atoms with Crippen molar-refractivity contribution in [2.45, 2.75) is 25.8 Å². The van der Waals surface area contributed by atoms with E-state index in [4.69, 9.17) is 11.6 Å². The molecule has 2 heterocycles. The van der Waals surface area contributed by atoms with Crippen LogP contribution >= 0.6 is 11.6 Å². The maximum atomic E-state index is 12.7. The van der Waals surface area contributed by atoms with Gasteiger partial charge in [0.15, 0.2) is 0 Å². The molecular formula is C17H22ClN3O2. The summed E-state index contributed by atoms with van der Waals surface area (Å²) in [6, 6.07) is 7.54. The van der Waals surface area contributed by atoms with Gasteiger partial charge in [-0.2, -0.15) is 0 Å². The molecule has 2 fully saturated rings. The van der Waals surface area contributed by atoms with Crippen LogP contribution in [0.2, 0.25) is 5.02 Å². The third-order valence-corrected chi connectivity index (χ3v) is 4.94. The van der Waals surface area contributed by atoms with Gasteiger partial charge in [0.25, 0.3) is 0 Å². The Labute approximate surface area is 141 Å². The minimum Gasteiger partial charge on any atom is -0.368 e. The summed E-state index contributed by atoms with van der Waals surface area (Å²) in [4.78, 5) is 30.2. The zero-order chi connectivity index (χ0) is 16.4. The summed E-state index contributed by atoms with van der Waals surface area (Å²) in [7, 11) is 0. The van der Waals surface area contributed by atoms with Crippen LogP contribution in [0.1, 0.15) is 19.8 Å². The topological polar surface area (TPSA) is 43.9 Å². The predicted molar refractivity (Wildman–Crippen MR) is 90.7 cm³/mol. The lowest BCUT2D eigenvalue weighted by molar-refractivity contribution is -0.143. The minimum atomic E-state index is -0.259. The van der Waals surface area contributed by atoms with Crippen molar-refractivity contribution in [1.82, 2.24) is 9.80 Å². The van der Waals surface area contributed by atoms with Crippen molar-refractivity contribution in [3.8, 4) is 0 Å². The van der Waals surface area contributed by atoms with Gasteiger partial charge < -0.3 is 14.7 Å². The fourth-order valence-corrected chi connectivity index (χ4v) is 3.65. The average Bonchev–Trinajstić information content (AvgIpc) is 3.04. The molecule has 0 aromatic heterocycles. The van der Waals surface area contributed by atoms with Crippen LogP contribution in [-0.4, -0.2) is 60.4 Å². The number of benzene rings is 1. The molecule has 0 radical (unpaired) electrons. The molecule has 3 rings (SSSR count). The monoisotopic (exact) mass is 335 g/mol. The number of likely N-dealkylation sites (tertiary alicyclic amines) is 1. The molecule has 1 atom stereocenters. The zero-order valence-electron chi connectivity index (χ0n) is 13.4. The first-order chi connectivity index (χ1) is 11.1. The summed E-state index contributed by atoms with van der Waals surface area (Å²) in [6.45, 7) is 5.20. The highest BCUT2D eigenvalue weighted by Gasteiger charge is 2.36. The van der Waals surface area contributed by atoms with E-state index in [2.05, 4.69) is 4.90 Å². The summed E-state index contributed by atoms with van der Waals surface area (Å²) >= 11 is 6.05. The van der Waals surface area contributed by atoms with Gasteiger partial charge in [-0.15, -0.1) is 0 Å². The Morgan fingerprint density at radius 1 is 1.13 bits per heavy atom. The highest BCUT2D eigenvalue weighted by atomic mass is 35.5. The van der Waals surface area contributed by atoms with Gasteiger partial charge in [-0.1, -0.05) is 17.7 Å². The first kappa shape index (κ1) is 16.1. The minimum absolute atomic E-state index is 0.00147. The lowest BCUT2D eigenvalue weighted by Crippen LogP contribution is -2.54. The van der Waals surface area contributed by atoms with E-state index in [0.717, 1.165) is 36.6 Å². The van der Waals surface area contributed by atoms with Crippen molar-refractivity contribution in [3.63, 3.8) is 0 Å². The van der Waals surface area contributed by atoms with E-state index in [1.807, 2.05) is 29.2 Å². The molecule has 2 saturated heterocycles. The second-order valence-corrected chi connectivity index (χ2v) is 6.60.